The van der Waals surface area contributed by atoms with Crippen LogP contribution in [0.4, 0.5) is 0 Å². The summed E-state index contributed by atoms with van der Waals surface area (Å²) in [6.45, 7) is 3.14. The Morgan fingerprint density at radius 3 is 2.85 bits per heavy atom. The molecule has 1 aromatic rings. The van der Waals surface area contributed by atoms with Crippen molar-refractivity contribution in [2.45, 2.75) is 39.2 Å². The van der Waals surface area contributed by atoms with Crippen molar-refractivity contribution in [3.63, 3.8) is 0 Å². The van der Waals surface area contributed by atoms with Crippen LogP contribution in [0.25, 0.3) is 0 Å². The highest BCUT2D eigenvalue weighted by Crippen LogP contribution is 2.29. The quantitative estimate of drug-likeness (QED) is 0.737. The number of aryl methyl sites for hydroxylation is 2. The summed E-state index contributed by atoms with van der Waals surface area (Å²) in [6.07, 6.45) is 7.70. The third kappa shape index (κ3) is 2.02. The zero-order chi connectivity index (χ0) is 9.26. The molecule has 1 fully saturated rings. The summed E-state index contributed by atoms with van der Waals surface area (Å²) in [5, 5.41) is 0. The molecule has 1 saturated carbocycles. The lowest BCUT2D eigenvalue weighted by atomic mass is 9.83. The molecule has 13 heavy (non-hydrogen) atoms. The first-order chi connectivity index (χ1) is 6.25. The van der Waals surface area contributed by atoms with Crippen molar-refractivity contribution in [3.05, 3.63) is 16.7 Å². The third-order valence-electron chi connectivity index (χ3n) is 2.92. The molecule has 2 rings (SSSR count). The van der Waals surface area contributed by atoms with Gasteiger partial charge in [-0.15, -0.1) is 0 Å². The van der Waals surface area contributed by atoms with Crippen molar-refractivity contribution in [2.75, 3.05) is 0 Å². The Kier molecular flexibility index (Phi) is 2.54. The van der Waals surface area contributed by atoms with Crippen LogP contribution in [0.15, 0.2) is 6.20 Å². The van der Waals surface area contributed by atoms with E-state index in [1.807, 2.05) is 0 Å². The fourth-order valence-electron chi connectivity index (χ4n) is 1.83. The highest BCUT2D eigenvalue weighted by Gasteiger charge is 2.16. The van der Waals surface area contributed by atoms with Crippen LogP contribution in [0.2, 0.25) is 0 Å². The third-order valence-corrected chi connectivity index (χ3v) is 3.25. The highest BCUT2D eigenvalue weighted by molar-refractivity contribution is 7.71. The van der Waals surface area contributed by atoms with Gasteiger partial charge < -0.3 is 9.55 Å². The Hall–Kier alpha value is -0.570. The zero-order valence-electron chi connectivity index (χ0n) is 8.05. The molecule has 0 saturated heterocycles. The van der Waals surface area contributed by atoms with E-state index in [-0.39, 0.29) is 0 Å². The first-order valence-corrected chi connectivity index (χ1v) is 5.42. The minimum Gasteiger partial charge on any atom is -0.335 e. The van der Waals surface area contributed by atoms with Gasteiger partial charge in [-0.3, -0.25) is 0 Å². The summed E-state index contributed by atoms with van der Waals surface area (Å²) in [4.78, 5) is 3.15. The molecular formula is C10H16N2S. The predicted molar refractivity (Wildman–Crippen MR) is 56.3 cm³/mol. The first kappa shape index (κ1) is 9.00. The number of nitrogens with zero attached hydrogens (tertiary/aromatic N) is 1. The van der Waals surface area contributed by atoms with Gasteiger partial charge in [0.05, 0.1) is 0 Å². The second-order valence-electron chi connectivity index (χ2n) is 4.02. The molecule has 2 nitrogen and oxygen atoms in total. The van der Waals surface area contributed by atoms with Gasteiger partial charge in [0.1, 0.15) is 0 Å². The molecule has 0 bridgehead atoms. The molecule has 1 N–H and O–H groups in total. The normalized spacial score (nSPS) is 17.3. The van der Waals surface area contributed by atoms with E-state index in [1.165, 1.54) is 31.4 Å². The van der Waals surface area contributed by atoms with E-state index in [0.29, 0.717) is 0 Å². The van der Waals surface area contributed by atoms with Crippen LogP contribution in [-0.2, 0) is 6.54 Å². The molecule has 0 radical (unpaired) electrons. The summed E-state index contributed by atoms with van der Waals surface area (Å²) in [7, 11) is 0. The molecule has 72 valence electrons. The second kappa shape index (κ2) is 3.66. The minimum absolute atomic E-state index is 0.872. The van der Waals surface area contributed by atoms with Crippen LogP contribution in [0.5, 0.6) is 0 Å². The van der Waals surface area contributed by atoms with Gasteiger partial charge in [-0.1, -0.05) is 19.3 Å². The maximum absolute atomic E-state index is 5.19. The van der Waals surface area contributed by atoms with Crippen molar-refractivity contribution >= 4 is 12.2 Å². The monoisotopic (exact) mass is 196 g/mol. The van der Waals surface area contributed by atoms with Crippen molar-refractivity contribution in [3.8, 4) is 0 Å². The summed E-state index contributed by atoms with van der Waals surface area (Å²) in [5.74, 6) is 0.970. The van der Waals surface area contributed by atoms with E-state index in [4.69, 9.17) is 12.2 Å². The number of rotatable bonds is 3. The van der Waals surface area contributed by atoms with Gasteiger partial charge in [-0.2, -0.15) is 0 Å². The molecule has 0 aliphatic heterocycles. The molecule has 1 aliphatic rings. The van der Waals surface area contributed by atoms with Gasteiger partial charge in [0.15, 0.2) is 4.77 Å². The largest absolute Gasteiger partial charge is 0.335 e. The van der Waals surface area contributed by atoms with Crippen LogP contribution in [0, 0.1) is 17.6 Å². The summed E-state index contributed by atoms with van der Waals surface area (Å²) >= 11 is 5.19. The van der Waals surface area contributed by atoms with Gasteiger partial charge in [0.25, 0.3) is 0 Å². The van der Waals surface area contributed by atoms with Crippen LogP contribution < -0.4 is 0 Å². The minimum atomic E-state index is 0.872. The molecule has 0 amide bonds. The Balaban J connectivity index is 1.93. The van der Waals surface area contributed by atoms with Crippen LogP contribution in [0.3, 0.4) is 0 Å². The van der Waals surface area contributed by atoms with Crippen LogP contribution in [-0.4, -0.2) is 9.55 Å². The lowest BCUT2D eigenvalue weighted by molar-refractivity contribution is 0.282. The maximum Gasteiger partial charge on any atom is 0.177 e. The van der Waals surface area contributed by atoms with Crippen molar-refractivity contribution in [1.82, 2.24) is 9.55 Å². The molecule has 0 aromatic carbocycles. The van der Waals surface area contributed by atoms with Crippen LogP contribution >= 0.6 is 12.2 Å². The topological polar surface area (TPSA) is 20.7 Å². The lowest BCUT2D eigenvalue weighted by Crippen LogP contribution is -2.13. The number of H-pyrrole nitrogens is 1. The summed E-state index contributed by atoms with van der Waals surface area (Å²) in [5.41, 5.74) is 1.17. The number of hydrogen-bond acceptors (Lipinski definition) is 1. The van der Waals surface area contributed by atoms with E-state index in [0.717, 1.165) is 17.2 Å². The van der Waals surface area contributed by atoms with Crippen molar-refractivity contribution < 1.29 is 0 Å². The van der Waals surface area contributed by atoms with Gasteiger partial charge in [-0.05, 0) is 31.5 Å². The fraction of sp³-hybridized carbons (Fsp3) is 0.700. The molecule has 0 atom stereocenters. The number of aromatic amines is 1. The highest BCUT2D eigenvalue weighted by atomic mass is 32.1. The number of nitrogens with one attached hydrogen (secondary N) is 1. The number of imidazole rings is 1. The van der Waals surface area contributed by atoms with Gasteiger partial charge in [-0.25, -0.2) is 0 Å². The summed E-state index contributed by atoms with van der Waals surface area (Å²) in [6, 6.07) is 0. The van der Waals surface area contributed by atoms with Crippen molar-refractivity contribution in [1.29, 1.82) is 0 Å². The SMILES string of the molecule is Cc1cn(CCC2CCC2)c(=S)[nH]1. The first-order valence-electron chi connectivity index (χ1n) is 5.02. The van der Waals surface area contributed by atoms with E-state index in [2.05, 4.69) is 22.7 Å². The number of aromatic nitrogens is 2. The van der Waals surface area contributed by atoms with E-state index in [1.54, 1.807) is 0 Å². The molecular weight excluding hydrogens is 180 g/mol. The van der Waals surface area contributed by atoms with E-state index < -0.39 is 0 Å². The number of hydrogen-bond donors (Lipinski definition) is 1. The van der Waals surface area contributed by atoms with Gasteiger partial charge in [0, 0.05) is 18.4 Å². The Morgan fingerprint density at radius 1 is 1.62 bits per heavy atom. The van der Waals surface area contributed by atoms with Crippen LogP contribution in [0.1, 0.15) is 31.4 Å². The molecule has 0 unspecified atom stereocenters. The average Bonchev–Trinajstić information content (AvgIpc) is 2.27. The molecule has 3 heteroatoms. The van der Waals surface area contributed by atoms with Gasteiger partial charge >= 0.3 is 0 Å². The summed E-state index contributed by atoms with van der Waals surface area (Å²) < 4.78 is 3.03. The molecule has 1 heterocycles. The Morgan fingerprint density at radius 2 is 2.38 bits per heavy atom. The smallest absolute Gasteiger partial charge is 0.177 e. The van der Waals surface area contributed by atoms with E-state index in [9.17, 15) is 0 Å². The maximum atomic E-state index is 5.19. The molecule has 1 aromatic heterocycles. The van der Waals surface area contributed by atoms with E-state index >= 15 is 0 Å². The fourth-order valence-corrected chi connectivity index (χ4v) is 2.14. The Bertz CT molecular complexity index is 333. The predicted octanol–water partition coefficient (Wildman–Crippen LogP) is 3.04. The molecule has 1 aliphatic carbocycles. The average molecular weight is 196 g/mol. The lowest BCUT2D eigenvalue weighted by Gasteiger charge is -2.25. The van der Waals surface area contributed by atoms with Gasteiger partial charge in [0.2, 0.25) is 0 Å². The standard InChI is InChI=1S/C10H16N2S/c1-8-7-12(10(13)11-8)6-5-9-3-2-4-9/h7,9H,2-6H2,1H3,(H,11,13). The Labute approximate surface area is 84.0 Å². The molecule has 0 spiro atoms. The zero-order valence-corrected chi connectivity index (χ0v) is 8.86. The second-order valence-corrected chi connectivity index (χ2v) is 4.41. The van der Waals surface area contributed by atoms with Crippen molar-refractivity contribution in [2.24, 2.45) is 5.92 Å².